The van der Waals surface area contributed by atoms with E-state index in [9.17, 15) is 4.39 Å². The molecule has 2 rings (SSSR count). The Labute approximate surface area is 74.5 Å². The molecule has 0 aliphatic heterocycles. The molecule has 0 spiro atoms. The third-order valence-electron chi connectivity index (χ3n) is 2.16. The van der Waals surface area contributed by atoms with Crippen LogP contribution < -0.4 is 5.73 Å². The Hall–Kier alpha value is -0.670. The number of nitrogens with two attached hydrogens (primary N) is 1. The average Bonchev–Trinajstić information content (AvgIpc) is 2.75. The van der Waals surface area contributed by atoms with Gasteiger partial charge in [-0.05, 0) is 24.5 Å². The standard InChI is InChI=1S/C8H8ClFN2/c9-7-6(10)3-5(4-12-7)8(11)1-2-8/h3-4H,1-2,11H2. The van der Waals surface area contributed by atoms with Crippen LogP contribution in [0.2, 0.25) is 5.15 Å². The van der Waals surface area contributed by atoms with Gasteiger partial charge >= 0.3 is 0 Å². The zero-order valence-corrected chi connectivity index (χ0v) is 7.11. The molecular weight excluding hydrogens is 179 g/mol. The highest BCUT2D eigenvalue weighted by Gasteiger charge is 2.40. The molecule has 12 heavy (non-hydrogen) atoms. The molecule has 1 aliphatic carbocycles. The summed E-state index contributed by atoms with van der Waals surface area (Å²) in [4.78, 5) is 3.70. The summed E-state index contributed by atoms with van der Waals surface area (Å²) >= 11 is 5.42. The maximum absolute atomic E-state index is 12.9. The lowest BCUT2D eigenvalue weighted by molar-refractivity contribution is 0.610. The van der Waals surface area contributed by atoms with Gasteiger partial charge in [-0.25, -0.2) is 9.37 Å². The molecule has 0 bridgehead atoms. The zero-order chi connectivity index (χ0) is 8.77. The van der Waals surface area contributed by atoms with Crippen molar-refractivity contribution in [2.75, 3.05) is 0 Å². The van der Waals surface area contributed by atoms with E-state index in [0.717, 1.165) is 18.4 Å². The van der Waals surface area contributed by atoms with E-state index in [2.05, 4.69) is 4.98 Å². The van der Waals surface area contributed by atoms with Gasteiger partial charge in [-0.1, -0.05) is 11.6 Å². The predicted molar refractivity (Wildman–Crippen MR) is 44.3 cm³/mol. The highest BCUT2D eigenvalue weighted by Crippen LogP contribution is 2.42. The maximum Gasteiger partial charge on any atom is 0.164 e. The largest absolute Gasteiger partial charge is 0.321 e. The molecule has 0 radical (unpaired) electrons. The third kappa shape index (κ3) is 1.19. The lowest BCUT2D eigenvalue weighted by Gasteiger charge is -2.07. The second-order valence-corrected chi connectivity index (χ2v) is 3.51. The van der Waals surface area contributed by atoms with Crippen molar-refractivity contribution in [3.63, 3.8) is 0 Å². The van der Waals surface area contributed by atoms with Gasteiger partial charge in [0.1, 0.15) is 0 Å². The maximum atomic E-state index is 12.9. The van der Waals surface area contributed by atoms with E-state index >= 15 is 0 Å². The van der Waals surface area contributed by atoms with Crippen molar-refractivity contribution in [2.45, 2.75) is 18.4 Å². The Morgan fingerprint density at radius 3 is 2.75 bits per heavy atom. The van der Waals surface area contributed by atoms with Crippen LogP contribution in [-0.2, 0) is 5.54 Å². The second kappa shape index (κ2) is 2.41. The predicted octanol–water partition coefficient (Wildman–Crippen LogP) is 1.82. The van der Waals surface area contributed by atoms with Gasteiger partial charge in [0.05, 0.1) is 0 Å². The van der Waals surface area contributed by atoms with E-state index in [4.69, 9.17) is 17.3 Å². The Balaban J connectivity index is 2.41. The summed E-state index contributed by atoms with van der Waals surface area (Å²) in [7, 11) is 0. The smallest absolute Gasteiger partial charge is 0.164 e. The topological polar surface area (TPSA) is 38.9 Å². The normalized spacial score (nSPS) is 19.2. The summed E-state index contributed by atoms with van der Waals surface area (Å²) in [5.41, 5.74) is 6.24. The number of hydrogen-bond donors (Lipinski definition) is 1. The molecular formula is C8H8ClFN2. The molecule has 1 aromatic rings. The quantitative estimate of drug-likeness (QED) is 0.680. The van der Waals surface area contributed by atoms with E-state index in [1.165, 1.54) is 6.07 Å². The van der Waals surface area contributed by atoms with E-state index in [0.29, 0.717) is 0 Å². The number of pyridine rings is 1. The summed E-state index contributed by atoms with van der Waals surface area (Å²) in [6, 6.07) is 1.36. The molecule has 4 heteroatoms. The van der Waals surface area contributed by atoms with Crippen LogP contribution in [0.25, 0.3) is 0 Å². The fraction of sp³-hybridized carbons (Fsp3) is 0.375. The Kier molecular flexibility index (Phi) is 1.59. The summed E-state index contributed by atoms with van der Waals surface area (Å²) in [6.07, 6.45) is 3.34. The number of hydrogen-bond acceptors (Lipinski definition) is 2. The molecule has 2 N–H and O–H groups in total. The molecule has 0 amide bonds. The first-order chi connectivity index (χ1) is 5.62. The van der Waals surface area contributed by atoms with Crippen molar-refractivity contribution in [1.82, 2.24) is 4.98 Å². The average molecular weight is 187 g/mol. The lowest BCUT2D eigenvalue weighted by atomic mass is 10.1. The van der Waals surface area contributed by atoms with E-state index in [1.807, 2.05) is 0 Å². The molecule has 1 saturated carbocycles. The van der Waals surface area contributed by atoms with Crippen LogP contribution in [0.4, 0.5) is 4.39 Å². The number of nitrogens with zero attached hydrogens (tertiary/aromatic N) is 1. The second-order valence-electron chi connectivity index (χ2n) is 3.15. The van der Waals surface area contributed by atoms with Crippen molar-refractivity contribution in [3.05, 3.63) is 28.8 Å². The minimum atomic E-state index is -0.495. The number of halogens is 2. The van der Waals surface area contributed by atoms with Crippen molar-refractivity contribution in [2.24, 2.45) is 5.73 Å². The van der Waals surface area contributed by atoms with Crippen LogP contribution in [0.5, 0.6) is 0 Å². The lowest BCUT2D eigenvalue weighted by Crippen LogP contribution is -2.19. The van der Waals surface area contributed by atoms with Crippen molar-refractivity contribution >= 4 is 11.6 Å². The minimum absolute atomic E-state index is 0.0944. The van der Waals surface area contributed by atoms with Gasteiger partial charge in [-0.3, -0.25) is 0 Å². The van der Waals surface area contributed by atoms with E-state index in [-0.39, 0.29) is 10.7 Å². The minimum Gasteiger partial charge on any atom is -0.321 e. The third-order valence-corrected chi connectivity index (χ3v) is 2.44. The van der Waals surface area contributed by atoms with Gasteiger partial charge in [0.25, 0.3) is 0 Å². The van der Waals surface area contributed by atoms with Gasteiger partial charge < -0.3 is 5.73 Å². The van der Waals surface area contributed by atoms with Crippen LogP contribution in [0.1, 0.15) is 18.4 Å². The Morgan fingerprint density at radius 2 is 2.25 bits per heavy atom. The van der Waals surface area contributed by atoms with Gasteiger partial charge in [0.15, 0.2) is 11.0 Å². The van der Waals surface area contributed by atoms with Crippen LogP contribution in [0, 0.1) is 5.82 Å². The first-order valence-corrected chi connectivity index (χ1v) is 4.10. The fourth-order valence-electron chi connectivity index (χ4n) is 1.12. The molecule has 1 aromatic heterocycles. The molecule has 64 valence electrons. The van der Waals surface area contributed by atoms with Gasteiger partial charge in [-0.2, -0.15) is 0 Å². The van der Waals surface area contributed by atoms with Gasteiger partial charge in [0.2, 0.25) is 0 Å². The van der Waals surface area contributed by atoms with Crippen LogP contribution >= 0.6 is 11.6 Å². The Morgan fingerprint density at radius 1 is 1.58 bits per heavy atom. The molecule has 0 unspecified atom stereocenters. The summed E-state index contributed by atoms with van der Waals surface area (Å²) in [5.74, 6) is -0.495. The summed E-state index contributed by atoms with van der Waals surface area (Å²) in [6.45, 7) is 0. The monoisotopic (exact) mass is 186 g/mol. The molecule has 1 aliphatic rings. The Bertz CT molecular complexity index is 323. The molecule has 1 fully saturated rings. The zero-order valence-electron chi connectivity index (χ0n) is 6.35. The number of aromatic nitrogens is 1. The van der Waals surface area contributed by atoms with Crippen LogP contribution in [-0.4, -0.2) is 4.98 Å². The van der Waals surface area contributed by atoms with Crippen LogP contribution in [0.3, 0.4) is 0 Å². The van der Waals surface area contributed by atoms with E-state index < -0.39 is 5.82 Å². The number of rotatable bonds is 1. The molecule has 2 nitrogen and oxygen atoms in total. The van der Waals surface area contributed by atoms with Gasteiger partial charge in [-0.15, -0.1) is 0 Å². The first-order valence-electron chi connectivity index (χ1n) is 3.72. The molecule has 0 saturated heterocycles. The molecule has 0 aromatic carbocycles. The van der Waals surface area contributed by atoms with Gasteiger partial charge in [0, 0.05) is 11.7 Å². The van der Waals surface area contributed by atoms with E-state index in [1.54, 1.807) is 6.20 Å². The summed E-state index contributed by atoms with van der Waals surface area (Å²) in [5, 5.41) is -0.0944. The highest BCUT2D eigenvalue weighted by molar-refractivity contribution is 6.29. The van der Waals surface area contributed by atoms with Crippen molar-refractivity contribution in [1.29, 1.82) is 0 Å². The highest BCUT2D eigenvalue weighted by atomic mass is 35.5. The molecule has 0 atom stereocenters. The van der Waals surface area contributed by atoms with Crippen molar-refractivity contribution < 1.29 is 4.39 Å². The summed E-state index contributed by atoms with van der Waals surface area (Å²) < 4.78 is 12.9. The first kappa shape index (κ1) is 7.95. The van der Waals surface area contributed by atoms with Crippen molar-refractivity contribution in [3.8, 4) is 0 Å². The van der Waals surface area contributed by atoms with Crippen LogP contribution in [0.15, 0.2) is 12.3 Å². The SMILES string of the molecule is NC1(c2cnc(Cl)c(F)c2)CC1. The fourth-order valence-corrected chi connectivity index (χ4v) is 1.22. The molecule has 1 heterocycles.